The first-order valence-corrected chi connectivity index (χ1v) is 6.63. The van der Waals surface area contributed by atoms with Crippen molar-refractivity contribution in [2.24, 2.45) is 5.73 Å². The van der Waals surface area contributed by atoms with Gasteiger partial charge in [0.05, 0.1) is 0 Å². The normalized spacial score (nSPS) is 12.9. The molecule has 0 fully saturated rings. The van der Waals surface area contributed by atoms with Gasteiger partial charge in [0.15, 0.2) is 6.61 Å². The van der Waals surface area contributed by atoms with Crippen molar-refractivity contribution in [3.05, 3.63) is 29.8 Å². The number of hydrogen-bond acceptors (Lipinski definition) is 3. The predicted octanol–water partition coefficient (Wildman–Crippen LogP) is 2.39. The Hall–Kier alpha value is -1.55. The summed E-state index contributed by atoms with van der Waals surface area (Å²) in [4.78, 5) is 11.7. The first-order chi connectivity index (χ1) is 8.84. The molecule has 0 spiro atoms. The van der Waals surface area contributed by atoms with E-state index in [2.05, 4.69) is 5.32 Å². The Labute approximate surface area is 115 Å². The van der Waals surface area contributed by atoms with Crippen molar-refractivity contribution in [3.8, 4) is 5.75 Å². The summed E-state index contributed by atoms with van der Waals surface area (Å²) in [5.41, 5.74) is 6.62. The molecular weight excluding hydrogens is 240 g/mol. The topological polar surface area (TPSA) is 64.3 Å². The van der Waals surface area contributed by atoms with Crippen molar-refractivity contribution in [3.63, 3.8) is 0 Å². The Morgan fingerprint density at radius 2 is 1.95 bits per heavy atom. The lowest BCUT2D eigenvalue weighted by Crippen LogP contribution is -2.44. The van der Waals surface area contributed by atoms with Crippen LogP contribution < -0.4 is 15.8 Å². The molecule has 0 aliphatic carbocycles. The summed E-state index contributed by atoms with van der Waals surface area (Å²) in [5.74, 6) is 0.567. The second-order valence-electron chi connectivity index (χ2n) is 5.43. The van der Waals surface area contributed by atoms with Crippen LogP contribution in [0.2, 0.25) is 0 Å². The van der Waals surface area contributed by atoms with Gasteiger partial charge in [-0.1, -0.05) is 19.1 Å². The van der Waals surface area contributed by atoms with Crippen molar-refractivity contribution in [1.82, 2.24) is 5.32 Å². The maximum absolute atomic E-state index is 11.7. The zero-order valence-corrected chi connectivity index (χ0v) is 12.2. The van der Waals surface area contributed by atoms with E-state index in [9.17, 15) is 4.79 Å². The molecule has 1 rings (SSSR count). The molecular formula is C15H24N2O2. The van der Waals surface area contributed by atoms with Crippen LogP contribution in [0.25, 0.3) is 0 Å². The number of hydrogen-bond donors (Lipinski definition) is 2. The fourth-order valence-corrected chi connectivity index (χ4v) is 1.52. The third kappa shape index (κ3) is 5.30. The minimum absolute atomic E-state index is 0.00250. The van der Waals surface area contributed by atoms with Gasteiger partial charge >= 0.3 is 0 Å². The number of carbonyl (C=O) groups excluding carboxylic acids is 1. The Morgan fingerprint density at radius 1 is 1.37 bits per heavy atom. The van der Waals surface area contributed by atoms with Gasteiger partial charge in [-0.15, -0.1) is 0 Å². The molecule has 0 saturated carbocycles. The summed E-state index contributed by atoms with van der Waals surface area (Å²) in [6.07, 6.45) is 0.877. The molecule has 0 bridgehead atoms. The van der Waals surface area contributed by atoms with Crippen LogP contribution in [0, 0.1) is 0 Å². The van der Waals surface area contributed by atoms with Crippen LogP contribution in [-0.2, 0) is 4.79 Å². The van der Waals surface area contributed by atoms with Crippen molar-refractivity contribution < 1.29 is 9.53 Å². The first kappa shape index (κ1) is 15.5. The fourth-order valence-electron chi connectivity index (χ4n) is 1.52. The minimum Gasteiger partial charge on any atom is -0.484 e. The van der Waals surface area contributed by atoms with Gasteiger partial charge in [0.2, 0.25) is 0 Å². The number of nitrogens with one attached hydrogen (secondary N) is 1. The highest BCUT2D eigenvalue weighted by molar-refractivity contribution is 5.78. The quantitative estimate of drug-likeness (QED) is 0.829. The first-order valence-electron chi connectivity index (χ1n) is 6.63. The number of carbonyl (C=O) groups is 1. The number of ether oxygens (including phenoxy) is 1. The molecule has 1 atom stereocenters. The third-order valence-corrected chi connectivity index (χ3v) is 3.14. The summed E-state index contributed by atoms with van der Waals surface area (Å²) in [5, 5.41) is 2.92. The van der Waals surface area contributed by atoms with Gasteiger partial charge in [-0.25, -0.2) is 0 Å². The van der Waals surface area contributed by atoms with Crippen molar-refractivity contribution in [2.45, 2.75) is 45.7 Å². The molecule has 19 heavy (non-hydrogen) atoms. The number of rotatable bonds is 6. The molecule has 0 unspecified atom stereocenters. The van der Waals surface area contributed by atoms with Gasteiger partial charge in [-0.05, 0) is 44.9 Å². The lowest BCUT2D eigenvalue weighted by Gasteiger charge is -2.24. The molecule has 106 valence electrons. The molecule has 0 aliphatic heterocycles. The molecule has 4 nitrogen and oxygen atoms in total. The molecule has 0 saturated heterocycles. The summed E-state index contributed by atoms with van der Waals surface area (Å²) in [6.45, 7) is 7.97. The average Bonchev–Trinajstić information content (AvgIpc) is 2.36. The van der Waals surface area contributed by atoms with Crippen LogP contribution in [0.3, 0.4) is 0 Å². The lowest BCUT2D eigenvalue weighted by atomic mass is 10.0. The van der Waals surface area contributed by atoms with Gasteiger partial charge < -0.3 is 15.8 Å². The van der Waals surface area contributed by atoms with Crippen molar-refractivity contribution in [1.29, 1.82) is 0 Å². The fraction of sp³-hybridized carbons (Fsp3) is 0.533. The molecule has 0 aromatic heterocycles. The average molecular weight is 264 g/mol. The number of benzene rings is 1. The summed E-state index contributed by atoms with van der Waals surface area (Å²) >= 11 is 0. The Balaban J connectivity index is 2.46. The standard InChI is InChI=1S/C15H24N2O2/c1-5-15(3,4)17-14(18)10-19-13-8-6-12(7-9-13)11(2)16/h6-9,11H,5,10,16H2,1-4H3,(H,17,18)/t11-/m1/s1. The minimum atomic E-state index is -0.195. The second-order valence-corrected chi connectivity index (χ2v) is 5.43. The lowest BCUT2D eigenvalue weighted by molar-refractivity contribution is -0.124. The van der Waals surface area contributed by atoms with E-state index in [1.165, 1.54) is 0 Å². The summed E-state index contributed by atoms with van der Waals surface area (Å²) < 4.78 is 5.44. The van der Waals surface area contributed by atoms with E-state index >= 15 is 0 Å². The largest absolute Gasteiger partial charge is 0.484 e. The SMILES string of the molecule is CCC(C)(C)NC(=O)COc1ccc([C@@H](C)N)cc1. The van der Waals surface area contributed by atoms with Gasteiger partial charge in [-0.2, -0.15) is 0 Å². The van der Waals surface area contributed by atoms with Crippen LogP contribution in [0.4, 0.5) is 0 Å². The molecule has 0 aliphatic rings. The van der Waals surface area contributed by atoms with E-state index in [-0.39, 0.29) is 24.1 Å². The maximum atomic E-state index is 11.7. The monoisotopic (exact) mass is 264 g/mol. The predicted molar refractivity (Wildman–Crippen MR) is 77.1 cm³/mol. The van der Waals surface area contributed by atoms with Crippen LogP contribution in [-0.4, -0.2) is 18.1 Å². The number of amides is 1. The molecule has 1 amide bonds. The van der Waals surface area contributed by atoms with Gasteiger partial charge in [0.25, 0.3) is 5.91 Å². The highest BCUT2D eigenvalue weighted by Crippen LogP contribution is 2.16. The van der Waals surface area contributed by atoms with Gasteiger partial charge in [0.1, 0.15) is 5.75 Å². The highest BCUT2D eigenvalue weighted by atomic mass is 16.5. The second kappa shape index (κ2) is 6.57. The zero-order chi connectivity index (χ0) is 14.5. The molecule has 3 N–H and O–H groups in total. The molecule has 1 aromatic carbocycles. The van der Waals surface area contributed by atoms with Crippen LogP contribution >= 0.6 is 0 Å². The summed E-state index contributed by atoms with van der Waals surface area (Å²) in [7, 11) is 0. The Bertz CT molecular complexity index is 411. The Morgan fingerprint density at radius 3 is 2.42 bits per heavy atom. The van der Waals surface area contributed by atoms with Crippen molar-refractivity contribution in [2.75, 3.05) is 6.61 Å². The van der Waals surface area contributed by atoms with E-state index in [0.717, 1.165) is 12.0 Å². The smallest absolute Gasteiger partial charge is 0.258 e. The van der Waals surface area contributed by atoms with E-state index in [0.29, 0.717) is 5.75 Å². The molecule has 4 heteroatoms. The molecule has 1 aromatic rings. The maximum Gasteiger partial charge on any atom is 0.258 e. The van der Waals surface area contributed by atoms with Crippen LogP contribution in [0.1, 0.15) is 45.7 Å². The summed E-state index contributed by atoms with van der Waals surface area (Å²) in [6, 6.07) is 7.48. The van der Waals surface area contributed by atoms with Crippen molar-refractivity contribution >= 4 is 5.91 Å². The zero-order valence-electron chi connectivity index (χ0n) is 12.2. The van der Waals surface area contributed by atoms with Crippen LogP contribution in [0.15, 0.2) is 24.3 Å². The highest BCUT2D eigenvalue weighted by Gasteiger charge is 2.17. The Kier molecular flexibility index (Phi) is 5.36. The van der Waals surface area contributed by atoms with Gasteiger partial charge in [-0.3, -0.25) is 4.79 Å². The third-order valence-electron chi connectivity index (χ3n) is 3.14. The van der Waals surface area contributed by atoms with E-state index in [1.54, 1.807) is 0 Å². The van der Waals surface area contributed by atoms with Crippen LogP contribution in [0.5, 0.6) is 5.75 Å². The van der Waals surface area contributed by atoms with E-state index in [1.807, 2.05) is 52.0 Å². The van der Waals surface area contributed by atoms with E-state index < -0.39 is 0 Å². The van der Waals surface area contributed by atoms with Gasteiger partial charge in [0, 0.05) is 11.6 Å². The molecule has 0 radical (unpaired) electrons. The molecule has 0 heterocycles. The van der Waals surface area contributed by atoms with E-state index in [4.69, 9.17) is 10.5 Å². The number of nitrogens with two attached hydrogens (primary N) is 1.